The van der Waals surface area contributed by atoms with Crippen LogP contribution < -0.4 is 0 Å². The lowest BCUT2D eigenvalue weighted by atomic mass is 9.71. The molecule has 1 heterocycles. The van der Waals surface area contributed by atoms with Crippen LogP contribution in [0.15, 0.2) is 10.2 Å². The molecular weight excluding hydrogens is 216 g/mol. The number of hydrogen-bond donors (Lipinski definition) is 0. The van der Waals surface area contributed by atoms with Gasteiger partial charge >= 0.3 is 0 Å². The van der Waals surface area contributed by atoms with Crippen LogP contribution in [-0.2, 0) is 9.47 Å². The van der Waals surface area contributed by atoms with Crippen molar-refractivity contribution in [3.63, 3.8) is 0 Å². The Kier molecular flexibility index (Phi) is 3.29. The highest BCUT2D eigenvalue weighted by molar-refractivity contribution is 4.96. The van der Waals surface area contributed by atoms with Gasteiger partial charge in [0, 0.05) is 26.4 Å². The van der Waals surface area contributed by atoms with E-state index in [4.69, 9.17) is 9.47 Å². The first-order valence-electron chi connectivity index (χ1n) is 6.60. The number of methoxy groups -OCH3 is 1. The van der Waals surface area contributed by atoms with Gasteiger partial charge in [-0.05, 0) is 18.3 Å². The number of hydrogen-bond acceptors (Lipinski definition) is 4. The molecule has 17 heavy (non-hydrogen) atoms. The van der Waals surface area contributed by atoms with E-state index in [0.29, 0.717) is 17.8 Å². The predicted molar refractivity (Wildman–Crippen MR) is 65.4 cm³/mol. The Morgan fingerprint density at radius 1 is 1.29 bits per heavy atom. The second-order valence-corrected chi connectivity index (χ2v) is 5.99. The van der Waals surface area contributed by atoms with Crippen molar-refractivity contribution < 1.29 is 9.47 Å². The molecule has 0 aromatic heterocycles. The van der Waals surface area contributed by atoms with Crippen LogP contribution in [0, 0.1) is 17.8 Å². The summed E-state index contributed by atoms with van der Waals surface area (Å²) in [5.41, 5.74) is -0.448. The highest BCUT2D eigenvalue weighted by atomic mass is 16.7. The maximum atomic E-state index is 6.12. The van der Waals surface area contributed by atoms with Crippen LogP contribution in [0.4, 0.5) is 0 Å². The monoisotopic (exact) mass is 240 g/mol. The molecular formula is C13H24N2O2. The van der Waals surface area contributed by atoms with Gasteiger partial charge < -0.3 is 4.74 Å². The minimum absolute atomic E-state index is 0.444. The minimum Gasteiger partial charge on any atom is -0.334 e. The van der Waals surface area contributed by atoms with E-state index in [2.05, 4.69) is 31.0 Å². The van der Waals surface area contributed by atoms with Gasteiger partial charge in [0.15, 0.2) is 5.72 Å². The lowest BCUT2D eigenvalue weighted by Crippen LogP contribution is -2.47. The second-order valence-electron chi connectivity index (χ2n) is 5.99. The Labute approximate surface area is 104 Å². The molecule has 98 valence electrons. The van der Waals surface area contributed by atoms with Gasteiger partial charge in [-0.1, -0.05) is 27.2 Å². The second kappa shape index (κ2) is 4.32. The highest BCUT2D eigenvalue weighted by Gasteiger charge is 2.54. The molecule has 4 nitrogen and oxygen atoms in total. The Hall–Kier alpha value is -0.480. The third-order valence-corrected chi connectivity index (χ3v) is 4.14. The molecule has 0 N–H and O–H groups in total. The molecule has 2 unspecified atom stereocenters. The summed E-state index contributed by atoms with van der Waals surface area (Å²) < 4.78 is 11.4. The maximum absolute atomic E-state index is 6.12. The molecule has 2 aliphatic rings. The summed E-state index contributed by atoms with van der Waals surface area (Å²) in [5.74, 6) is 0.757. The predicted octanol–water partition coefficient (Wildman–Crippen LogP) is 3.58. The topological polar surface area (TPSA) is 43.2 Å². The van der Waals surface area contributed by atoms with Crippen LogP contribution in [0.2, 0.25) is 0 Å². The molecule has 0 saturated heterocycles. The molecule has 0 bridgehead atoms. The molecule has 4 heteroatoms. The molecule has 0 amide bonds. The van der Waals surface area contributed by atoms with E-state index in [1.165, 1.54) is 6.42 Å². The molecule has 1 spiro atoms. The van der Waals surface area contributed by atoms with E-state index in [9.17, 15) is 0 Å². The Bertz CT molecular complexity index is 319. The molecule has 0 aromatic rings. The smallest absolute Gasteiger partial charge is 0.286 e. The zero-order chi connectivity index (χ0) is 12.7. The molecule has 1 saturated carbocycles. The summed E-state index contributed by atoms with van der Waals surface area (Å²) in [4.78, 5) is 0. The van der Waals surface area contributed by atoms with Crippen molar-refractivity contribution in [3.05, 3.63) is 0 Å². The minimum atomic E-state index is -0.885. The van der Waals surface area contributed by atoms with E-state index in [1.54, 1.807) is 7.11 Å². The van der Waals surface area contributed by atoms with E-state index in [-0.39, 0.29) is 0 Å². The third kappa shape index (κ3) is 2.25. The summed E-state index contributed by atoms with van der Waals surface area (Å²) in [7, 11) is 1.62. The van der Waals surface area contributed by atoms with Crippen molar-refractivity contribution >= 4 is 0 Å². The molecule has 1 aliphatic carbocycles. The molecule has 4 atom stereocenters. The normalized spacial score (nSPS) is 46.0. The zero-order valence-electron chi connectivity index (χ0n) is 11.6. The first-order chi connectivity index (χ1) is 7.91. The summed E-state index contributed by atoms with van der Waals surface area (Å²) >= 11 is 0. The largest absolute Gasteiger partial charge is 0.334 e. The van der Waals surface area contributed by atoms with Crippen molar-refractivity contribution in [2.24, 2.45) is 28.0 Å². The van der Waals surface area contributed by atoms with Crippen LogP contribution in [0.5, 0.6) is 0 Å². The molecule has 2 rings (SSSR count). The third-order valence-electron chi connectivity index (χ3n) is 4.14. The Balaban J connectivity index is 2.24. The first-order valence-corrected chi connectivity index (χ1v) is 6.60. The van der Waals surface area contributed by atoms with Crippen LogP contribution in [0.25, 0.3) is 0 Å². The fourth-order valence-electron chi connectivity index (χ4n) is 3.16. The average Bonchev–Trinajstić information content (AvgIpc) is 2.57. The van der Waals surface area contributed by atoms with Crippen LogP contribution in [0.1, 0.15) is 47.0 Å². The summed E-state index contributed by atoms with van der Waals surface area (Å²) in [5, 5.41) is 8.69. The van der Waals surface area contributed by atoms with Gasteiger partial charge in [-0.3, -0.25) is 4.74 Å². The zero-order valence-corrected chi connectivity index (χ0v) is 11.6. The fourth-order valence-corrected chi connectivity index (χ4v) is 3.16. The van der Waals surface area contributed by atoms with Gasteiger partial charge in [-0.15, -0.1) is 5.11 Å². The average molecular weight is 240 g/mol. The summed E-state index contributed by atoms with van der Waals surface area (Å²) in [6, 6.07) is 0. The van der Waals surface area contributed by atoms with Gasteiger partial charge in [0.1, 0.15) is 0 Å². The van der Waals surface area contributed by atoms with E-state index in [0.717, 1.165) is 12.8 Å². The van der Waals surface area contributed by atoms with Gasteiger partial charge in [0.2, 0.25) is 0 Å². The van der Waals surface area contributed by atoms with Crippen LogP contribution in [-0.4, -0.2) is 18.7 Å². The van der Waals surface area contributed by atoms with Crippen molar-refractivity contribution in [1.29, 1.82) is 0 Å². The van der Waals surface area contributed by atoms with Crippen molar-refractivity contribution in [2.45, 2.75) is 58.6 Å². The van der Waals surface area contributed by atoms with Gasteiger partial charge in [-0.2, -0.15) is 5.11 Å². The summed E-state index contributed by atoms with van der Waals surface area (Å²) in [6.45, 7) is 8.58. The number of ether oxygens (including phenoxy) is 2. The molecule has 1 aliphatic heterocycles. The lowest BCUT2D eigenvalue weighted by Gasteiger charge is -2.43. The number of nitrogens with zero attached hydrogens (tertiary/aromatic N) is 2. The SMILES string of the molecule is COC1(C)N=NC2(C[C@@H](C)CC[C@@H]2C(C)C)O1. The molecule has 0 radical (unpaired) electrons. The maximum Gasteiger partial charge on any atom is 0.286 e. The van der Waals surface area contributed by atoms with Crippen molar-refractivity contribution in [1.82, 2.24) is 0 Å². The Morgan fingerprint density at radius 2 is 2.00 bits per heavy atom. The van der Waals surface area contributed by atoms with Crippen LogP contribution in [0.3, 0.4) is 0 Å². The fraction of sp³-hybridized carbons (Fsp3) is 1.00. The molecule has 1 fully saturated rings. The van der Waals surface area contributed by atoms with Gasteiger partial charge in [0.25, 0.3) is 5.91 Å². The number of azo groups is 1. The lowest BCUT2D eigenvalue weighted by molar-refractivity contribution is -0.261. The van der Waals surface area contributed by atoms with Crippen LogP contribution >= 0.6 is 0 Å². The van der Waals surface area contributed by atoms with E-state index in [1.807, 2.05) is 6.92 Å². The highest BCUT2D eigenvalue weighted by Crippen LogP contribution is 2.49. The Morgan fingerprint density at radius 3 is 2.53 bits per heavy atom. The number of rotatable bonds is 2. The van der Waals surface area contributed by atoms with E-state index >= 15 is 0 Å². The molecule has 0 aromatic carbocycles. The standard InChI is InChI=1S/C13H24N2O2/c1-9(2)11-7-6-10(3)8-13(11)15-14-12(4,16-5)17-13/h9-11H,6-8H2,1-5H3/t10-,11+,12?,13?/m0/s1. The van der Waals surface area contributed by atoms with E-state index < -0.39 is 11.6 Å². The van der Waals surface area contributed by atoms with Crippen molar-refractivity contribution in [2.75, 3.05) is 7.11 Å². The quantitative estimate of drug-likeness (QED) is 0.740. The summed E-state index contributed by atoms with van der Waals surface area (Å²) in [6.07, 6.45) is 3.38. The first kappa shape index (κ1) is 13.0. The van der Waals surface area contributed by atoms with Gasteiger partial charge in [-0.25, -0.2) is 0 Å². The van der Waals surface area contributed by atoms with Gasteiger partial charge in [0.05, 0.1) is 0 Å². The van der Waals surface area contributed by atoms with Crippen molar-refractivity contribution in [3.8, 4) is 0 Å².